The summed E-state index contributed by atoms with van der Waals surface area (Å²) in [6.45, 7) is 2.01. The Morgan fingerprint density at radius 2 is 2.06 bits per heavy atom. The quantitative estimate of drug-likeness (QED) is 0.867. The van der Waals surface area contributed by atoms with Crippen LogP contribution in [0.25, 0.3) is 0 Å². The van der Waals surface area contributed by atoms with Gasteiger partial charge in [-0.05, 0) is 13.0 Å². The Hall–Kier alpha value is -1.71. The highest BCUT2D eigenvalue weighted by molar-refractivity contribution is 5.80. The summed E-state index contributed by atoms with van der Waals surface area (Å²) in [5, 5.41) is 2.92. The maximum absolute atomic E-state index is 11.4. The zero-order valence-electron chi connectivity index (χ0n) is 10.3. The lowest BCUT2D eigenvalue weighted by Crippen LogP contribution is -2.24. The number of hydrogen-bond acceptors (Lipinski definition) is 3. The normalized spacial score (nSPS) is 23.4. The summed E-state index contributed by atoms with van der Waals surface area (Å²) in [7, 11) is 3.24. The third kappa shape index (κ3) is 2.07. The number of carbonyl (C=O) groups is 1. The average Bonchev–Trinajstić information content (AvgIpc) is 2.67. The standard InChI is InChI=1S/C13H17NO3/c1-8-10(7-12(15)14-8)9-5-4-6-11(16-2)13(9)17-3/h4-6,8,10H,7H2,1-3H3,(H,14,15). The van der Waals surface area contributed by atoms with Crippen molar-refractivity contribution in [2.75, 3.05) is 14.2 Å². The maximum Gasteiger partial charge on any atom is 0.220 e. The van der Waals surface area contributed by atoms with Gasteiger partial charge in [-0.2, -0.15) is 0 Å². The average molecular weight is 235 g/mol. The summed E-state index contributed by atoms with van der Waals surface area (Å²) in [4.78, 5) is 11.4. The summed E-state index contributed by atoms with van der Waals surface area (Å²) in [6, 6.07) is 5.90. The molecule has 1 aliphatic rings. The third-order valence-corrected chi connectivity index (χ3v) is 3.23. The molecule has 17 heavy (non-hydrogen) atoms. The fraction of sp³-hybridized carbons (Fsp3) is 0.462. The van der Waals surface area contributed by atoms with Crippen molar-refractivity contribution < 1.29 is 14.3 Å². The van der Waals surface area contributed by atoms with Crippen molar-refractivity contribution in [3.05, 3.63) is 23.8 Å². The van der Waals surface area contributed by atoms with Gasteiger partial charge in [-0.25, -0.2) is 0 Å². The van der Waals surface area contributed by atoms with E-state index in [1.807, 2.05) is 25.1 Å². The first-order valence-electron chi connectivity index (χ1n) is 5.67. The molecule has 0 aromatic heterocycles. The Balaban J connectivity index is 2.41. The molecule has 1 heterocycles. The van der Waals surface area contributed by atoms with Crippen molar-refractivity contribution in [1.29, 1.82) is 0 Å². The van der Waals surface area contributed by atoms with Crippen LogP contribution in [0, 0.1) is 0 Å². The number of carbonyl (C=O) groups excluding carboxylic acids is 1. The second-order valence-electron chi connectivity index (χ2n) is 4.25. The first-order chi connectivity index (χ1) is 8.17. The number of rotatable bonds is 3. The van der Waals surface area contributed by atoms with Gasteiger partial charge >= 0.3 is 0 Å². The number of benzene rings is 1. The van der Waals surface area contributed by atoms with Gasteiger partial charge < -0.3 is 14.8 Å². The van der Waals surface area contributed by atoms with Crippen LogP contribution in [-0.4, -0.2) is 26.2 Å². The number of amides is 1. The van der Waals surface area contributed by atoms with Gasteiger partial charge in [0.25, 0.3) is 0 Å². The Kier molecular flexibility index (Phi) is 3.22. The molecular weight excluding hydrogens is 218 g/mol. The number of methoxy groups -OCH3 is 2. The fourth-order valence-electron chi connectivity index (χ4n) is 2.37. The van der Waals surface area contributed by atoms with E-state index in [1.54, 1.807) is 14.2 Å². The van der Waals surface area contributed by atoms with Gasteiger partial charge in [0.2, 0.25) is 5.91 Å². The maximum atomic E-state index is 11.4. The van der Waals surface area contributed by atoms with Crippen molar-refractivity contribution in [2.24, 2.45) is 0 Å². The van der Waals surface area contributed by atoms with Gasteiger partial charge in [0.15, 0.2) is 11.5 Å². The number of nitrogens with one attached hydrogen (secondary N) is 1. The van der Waals surface area contributed by atoms with Crippen LogP contribution in [0.4, 0.5) is 0 Å². The van der Waals surface area contributed by atoms with Crippen molar-refractivity contribution >= 4 is 5.91 Å². The smallest absolute Gasteiger partial charge is 0.220 e. The van der Waals surface area contributed by atoms with E-state index in [4.69, 9.17) is 9.47 Å². The molecule has 2 rings (SSSR count). The molecule has 4 heteroatoms. The lowest BCUT2D eigenvalue weighted by atomic mass is 9.91. The summed E-state index contributed by atoms with van der Waals surface area (Å²) in [5.41, 5.74) is 1.03. The largest absolute Gasteiger partial charge is 0.493 e. The summed E-state index contributed by atoms with van der Waals surface area (Å²) >= 11 is 0. The molecule has 1 aromatic rings. The van der Waals surface area contributed by atoms with Crippen molar-refractivity contribution in [3.8, 4) is 11.5 Å². The Morgan fingerprint density at radius 3 is 2.59 bits per heavy atom. The molecule has 4 nitrogen and oxygen atoms in total. The van der Waals surface area contributed by atoms with Gasteiger partial charge in [-0.1, -0.05) is 12.1 Å². The van der Waals surface area contributed by atoms with Gasteiger partial charge in [0.1, 0.15) is 0 Å². The zero-order chi connectivity index (χ0) is 12.4. The van der Waals surface area contributed by atoms with Crippen LogP contribution in [0.1, 0.15) is 24.8 Å². The Bertz CT molecular complexity index is 431. The first kappa shape index (κ1) is 11.8. The predicted molar refractivity (Wildman–Crippen MR) is 64.5 cm³/mol. The van der Waals surface area contributed by atoms with Crippen molar-refractivity contribution in [3.63, 3.8) is 0 Å². The van der Waals surface area contributed by atoms with Crippen LogP contribution in [0.15, 0.2) is 18.2 Å². The molecule has 0 aliphatic carbocycles. The second-order valence-corrected chi connectivity index (χ2v) is 4.25. The van der Waals surface area contributed by atoms with E-state index in [-0.39, 0.29) is 17.9 Å². The molecule has 0 spiro atoms. The minimum Gasteiger partial charge on any atom is -0.493 e. The van der Waals surface area contributed by atoms with Gasteiger partial charge in [-0.15, -0.1) is 0 Å². The lowest BCUT2D eigenvalue weighted by Gasteiger charge is -2.19. The highest BCUT2D eigenvalue weighted by Gasteiger charge is 2.32. The van der Waals surface area contributed by atoms with Crippen LogP contribution in [0.3, 0.4) is 0 Å². The molecule has 1 amide bonds. The van der Waals surface area contributed by atoms with Crippen LogP contribution < -0.4 is 14.8 Å². The molecule has 1 saturated heterocycles. The van der Waals surface area contributed by atoms with Gasteiger partial charge in [0.05, 0.1) is 14.2 Å². The molecule has 2 unspecified atom stereocenters. The van der Waals surface area contributed by atoms with E-state index in [9.17, 15) is 4.79 Å². The lowest BCUT2D eigenvalue weighted by molar-refractivity contribution is -0.119. The van der Waals surface area contributed by atoms with Gasteiger partial charge in [-0.3, -0.25) is 4.79 Å². The van der Waals surface area contributed by atoms with E-state index in [1.165, 1.54) is 0 Å². The summed E-state index contributed by atoms with van der Waals surface area (Å²) in [5.74, 6) is 1.67. The molecule has 0 radical (unpaired) electrons. The topological polar surface area (TPSA) is 47.6 Å². The Labute approximate surface area is 101 Å². The van der Waals surface area contributed by atoms with Crippen LogP contribution >= 0.6 is 0 Å². The first-order valence-corrected chi connectivity index (χ1v) is 5.67. The molecule has 0 bridgehead atoms. The van der Waals surface area contributed by atoms with E-state index in [2.05, 4.69) is 5.32 Å². The van der Waals surface area contributed by atoms with Crippen molar-refractivity contribution in [2.45, 2.75) is 25.3 Å². The minimum atomic E-state index is 0.0902. The van der Waals surface area contributed by atoms with Crippen LogP contribution in [0.2, 0.25) is 0 Å². The zero-order valence-corrected chi connectivity index (χ0v) is 10.3. The molecule has 0 saturated carbocycles. The van der Waals surface area contributed by atoms with E-state index < -0.39 is 0 Å². The van der Waals surface area contributed by atoms with E-state index in [0.29, 0.717) is 12.2 Å². The minimum absolute atomic E-state index is 0.0902. The molecule has 92 valence electrons. The SMILES string of the molecule is COc1cccc(C2CC(=O)NC2C)c1OC. The summed E-state index contributed by atoms with van der Waals surface area (Å²) in [6.07, 6.45) is 0.505. The summed E-state index contributed by atoms with van der Waals surface area (Å²) < 4.78 is 10.7. The molecule has 1 N–H and O–H groups in total. The van der Waals surface area contributed by atoms with Crippen LogP contribution in [0.5, 0.6) is 11.5 Å². The number of hydrogen-bond donors (Lipinski definition) is 1. The van der Waals surface area contributed by atoms with Crippen molar-refractivity contribution in [1.82, 2.24) is 5.32 Å². The second kappa shape index (κ2) is 4.65. The fourth-order valence-corrected chi connectivity index (χ4v) is 2.37. The number of para-hydroxylation sites is 1. The van der Waals surface area contributed by atoms with E-state index >= 15 is 0 Å². The number of ether oxygens (including phenoxy) is 2. The highest BCUT2D eigenvalue weighted by atomic mass is 16.5. The molecule has 2 atom stereocenters. The predicted octanol–water partition coefficient (Wildman–Crippen LogP) is 1.70. The third-order valence-electron chi connectivity index (χ3n) is 3.23. The molecule has 1 fully saturated rings. The molecule has 1 aromatic carbocycles. The molecular formula is C13H17NO3. The van der Waals surface area contributed by atoms with Crippen LogP contribution in [-0.2, 0) is 4.79 Å². The van der Waals surface area contributed by atoms with E-state index in [0.717, 1.165) is 11.3 Å². The van der Waals surface area contributed by atoms with Gasteiger partial charge in [0, 0.05) is 23.9 Å². The highest BCUT2D eigenvalue weighted by Crippen LogP contribution is 2.39. The Morgan fingerprint density at radius 1 is 1.29 bits per heavy atom. The monoisotopic (exact) mass is 235 g/mol. The molecule has 1 aliphatic heterocycles.